The molecule has 1 atom stereocenters. The molecule has 1 heterocycles. The van der Waals surface area contributed by atoms with Gasteiger partial charge in [0.05, 0.1) is 0 Å². The first-order chi connectivity index (χ1) is 9.78. The molecule has 0 saturated heterocycles. The summed E-state index contributed by atoms with van der Waals surface area (Å²) in [7, 11) is 0. The maximum atomic E-state index is 8.76. The van der Waals surface area contributed by atoms with E-state index in [1.807, 2.05) is 54.7 Å². The number of nitrogens with zero attached hydrogens (tertiary/aromatic N) is 2. The largest absolute Gasteiger partial charge is 0.325 e. The van der Waals surface area contributed by atoms with Crippen LogP contribution in [0.5, 0.6) is 0 Å². The molecule has 0 bridgehead atoms. The summed E-state index contributed by atoms with van der Waals surface area (Å²) in [6.45, 7) is 0. The third-order valence-corrected chi connectivity index (χ3v) is 3.34. The molecule has 0 aliphatic carbocycles. The Morgan fingerprint density at radius 1 is 1.20 bits per heavy atom. The Kier molecular flexibility index (Phi) is 3.28. The molecule has 2 aromatic carbocycles. The number of nitriles is 1. The van der Waals surface area contributed by atoms with Crippen LogP contribution in [0, 0.1) is 11.5 Å². The Morgan fingerprint density at radius 3 is 2.75 bits per heavy atom. The highest BCUT2D eigenvalue weighted by atomic mass is 35.5. The van der Waals surface area contributed by atoms with Gasteiger partial charge in [-0.2, -0.15) is 5.26 Å². The fraction of sp³-hybridized carbons (Fsp3) is 0.0667. The second kappa shape index (κ2) is 5.24. The normalized spacial score (nSPS) is 16.4. The summed E-state index contributed by atoms with van der Waals surface area (Å²) in [5.74, 6) is 0.441. The highest BCUT2D eigenvalue weighted by Gasteiger charge is 2.23. The van der Waals surface area contributed by atoms with Crippen LogP contribution < -0.4 is 10.6 Å². The van der Waals surface area contributed by atoms with Crippen molar-refractivity contribution in [1.82, 2.24) is 5.32 Å². The van der Waals surface area contributed by atoms with E-state index in [1.165, 1.54) is 0 Å². The van der Waals surface area contributed by atoms with E-state index in [2.05, 4.69) is 15.6 Å². The fourth-order valence-corrected chi connectivity index (χ4v) is 2.42. The third kappa shape index (κ3) is 2.31. The number of aliphatic imine (C=N–C) groups is 1. The van der Waals surface area contributed by atoms with Crippen LogP contribution in [0.3, 0.4) is 0 Å². The molecule has 5 heteroatoms. The van der Waals surface area contributed by atoms with E-state index >= 15 is 0 Å². The van der Waals surface area contributed by atoms with Crippen molar-refractivity contribution < 1.29 is 0 Å². The van der Waals surface area contributed by atoms with Gasteiger partial charge in [0.2, 0.25) is 5.96 Å². The first kappa shape index (κ1) is 12.5. The van der Waals surface area contributed by atoms with Crippen molar-refractivity contribution >= 4 is 23.2 Å². The van der Waals surface area contributed by atoms with E-state index in [4.69, 9.17) is 16.9 Å². The molecule has 1 aliphatic rings. The topological polar surface area (TPSA) is 60.2 Å². The van der Waals surface area contributed by atoms with Gasteiger partial charge in [-0.1, -0.05) is 41.9 Å². The Bertz CT molecular complexity index is 704. The maximum Gasteiger partial charge on any atom is 0.210 e. The molecular formula is C15H11ClN4. The van der Waals surface area contributed by atoms with Crippen molar-refractivity contribution in [3.63, 3.8) is 0 Å². The average molecular weight is 283 g/mol. The van der Waals surface area contributed by atoms with Gasteiger partial charge < -0.3 is 5.32 Å². The lowest BCUT2D eigenvalue weighted by molar-refractivity contribution is 0.852. The number of rotatable bonds is 1. The molecule has 0 amide bonds. The van der Waals surface area contributed by atoms with Gasteiger partial charge in [0.1, 0.15) is 6.04 Å². The van der Waals surface area contributed by atoms with Gasteiger partial charge in [0.15, 0.2) is 6.19 Å². The lowest BCUT2D eigenvalue weighted by Gasteiger charge is -2.24. The van der Waals surface area contributed by atoms with Crippen LogP contribution in [0.25, 0.3) is 0 Å². The minimum Gasteiger partial charge on any atom is -0.325 e. The van der Waals surface area contributed by atoms with Gasteiger partial charge >= 0.3 is 0 Å². The van der Waals surface area contributed by atoms with E-state index in [0.717, 1.165) is 16.8 Å². The number of anilines is 1. The highest BCUT2D eigenvalue weighted by molar-refractivity contribution is 6.30. The quantitative estimate of drug-likeness (QED) is 0.623. The van der Waals surface area contributed by atoms with Gasteiger partial charge in [-0.05, 0) is 23.8 Å². The number of fused-ring (bicyclic) bond motifs is 1. The zero-order chi connectivity index (χ0) is 13.9. The smallest absolute Gasteiger partial charge is 0.210 e. The summed E-state index contributed by atoms with van der Waals surface area (Å²) in [6.07, 6.45) is 1.88. The van der Waals surface area contributed by atoms with E-state index in [0.29, 0.717) is 11.0 Å². The number of nitrogens with one attached hydrogen (secondary N) is 2. The van der Waals surface area contributed by atoms with Gasteiger partial charge in [-0.3, -0.25) is 5.32 Å². The van der Waals surface area contributed by atoms with Crippen molar-refractivity contribution in [3.8, 4) is 6.19 Å². The minimum atomic E-state index is -0.179. The van der Waals surface area contributed by atoms with Crippen molar-refractivity contribution in [2.24, 2.45) is 4.99 Å². The van der Waals surface area contributed by atoms with Crippen molar-refractivity contribution in [2.45, 2.75) is 6.04 Å². The van der Waals surface area contributed by atoms with Crippen LogP contribution in [0.15, 0.2) is 53.5 Å². The SMILES string of the molecule is N#CNC1=N[C@H](c2ccccc2)c2cc(Cl)ccc2N1. The Morgan fingerprint density at radius 2 is 2.00 bits per heavy atom. The average Bonchev–Trinajstić information content (AvgIpc) is 2.48. The van der Waals surface area contributed by atoms with Gasteiger partial charge in [-0.15, -0.1) is 0 Å². The van der Waals surface area contributed by atoms with E-state index in [9.17, 15) is 0 Å². The van der Waals surface area contributed by atoms with Crippen molar-refractivity contribution in [2.75, 3.05) is 5.32 Å². The first-order valence-corrected chi connectivity index (χ1v) is 6.50. The van der Waals surface area contributed by atoms with Crippen LogP contribution in [0.1, 0.15) is 17.2 Å². The minimum absolute atomic E-state index is 0.179. The van der Waals surface area contributed by atoms with E-state index < -0.39 is 0 Å². The molecule has 0 fully saturated rings. The number of guanidine groups is 1. The number of benzene rings is 2. The third-order valence-electron chi connectivity index (χ3n) is 3.11. The summed E-state index contributed by atoms with van der Waals surface area (Å²) >= 11 is 6.08. The van der Waals surface area contributed by atoms with Crippen LogP contribution in [0.2, 0.25) is 5.02 Å². The predicted molar refractivity (Wildman–Crippen MR) is 79.5 cm³/mol. The summed E-state index contributed by atoms with van der Waals surface area (Å²) in [5.41, 5.74) is 2.94. The predicted octanol–water partition coefficient (Wildman–Crippen LogP) is 3.28. The second-order valence-corrected chi connectivity index (χ2v) is 4.82. The standard InChI is InChI=1S/C15H11ClN4/c16-11-6-7-13-12(8-11)14(10-4-2-1-3-5-10)20-15(19-13)18-9-17/h1-8,14H,(H2,18,19,20)/t14-/m1/s1. The van der Waals surface area contributed by atoms with Gasteiger partial charge in [0, 0.05) is 16.3 Å². The number of halogens is 1. The lowest BCUT2D eigenvalue weighted by Crippen LogP contribution is -2.31. The summed E-state index contributed by atoms with van der Waals surface area (Å²) < 4.78 is 0. The molecule has 0 unspecified atom stereocenters. The molecule has 4 nitrogen and oxygen atoms in total. The maximum absolute atomic E-state index is 8.76. The molecular weight excluding hydrogens is 272 g/mol. The van der Waals surface area contributed by atoms with Crippen LogP contribution in [-0.4, -0.2) is 5.96 Å². The van der Waals surface area contributed by atoms with Gasteiger partial charge in [0.25, 0.3) is 0 Å². The fourth-order valence-electron chi connectivity index (χ4n) is 2.24. The molecule has 20 heavy (non-hydrogen) atoms. The van der Waals surface area contributed by atoms with Crippen LogP contribution >= 0.6 is 11.6 Å². The Balaban J connectivity index is 2.11. The molecule has 1 aliphatic heterocycles. The molecule has 98 valence electrons. The molecule has 0 spiro atoms. The second-order valence-electron chi connectivity index (χ2n) is 4.38. The van der Waals surface area contributed by atoms with Crippen molar-refractivity contribution in [1.29, 1.82) is 5.26 Å². The molecule has 0 saturated carbocycles. The lowest BCUT2D eigenvalue weighted by atomic mass is 9.96. The molecule has 3 rings (SSSR count). The van der Waals surface area contributed by atoms with E-state index in [-0.39, 0.29) is 6.04 Å². The summed E-state index contributed by atoms with van der Waals surface area (Å²) in [5, 5.41) is 15.1. The Labute approximate surface area is 121 Å². The highest BCUT2D eigenvalue weighted by Crippen LogP contribution is 2.36. The van der Waals surface area contributed by atoms with E-state index in [1.54, 1.807) is 0 Å². The number of hydrogen-bond donors (Lipinski definition) is 2. The Hall–Kier alpha value is -2.51. The van der Waals surface area contributed by atoms with Crippen molar-refractivity contribution in [3.05, 3.63) is 64.7 Å². The molecule has 0 radical (unpaired) electrons. The molecule has 0 aromatic heterocycles. The summed E-state index contributed by atoms with van der Waals surface area (Å²) in [4.78, 5) is 4.54. The van der Waals surface area contributed by atoms with Crippen LogP contribution in [0.4, 0.5) is 5.69 Å². The van der Waals surface area contributed by atoms with Crippen LogP contribution in [-0.2, 0) is 0 Å². The molecule has 2 aromatic rings. The first-order valence-electron chi connectivity index (χ1n) is 6.12. The summed E-state index contributed by atoms with van der Waals surface area (Å²) in [6, 6.07) is 15.3. The monoisotopic (exact) mass is 282 g/mol. The molecule has 2 N–H and O–H groups in total. The van der Waals surface area contributed by atoms with Gasteiger partial charge in [-0.25, -0.2) is 4.99 Å². The zero-order valence-electron chi connectivity index (χ0n) is 10.5. The number of hydrogen-bond acceptors (Lipinski definition) is 4. The zero-order valence-corrected chi connectivity index (χ0v) is 11.2.